The summed E-state index contributed by atoms with van der Waals surface area (Å²) >= 11 is 1.74. The summed E-state index contributed by atoms with van der Waals surface area (Å²) in [5.41, 5.74) is 6.43. The van der Waals surface area contributed by atoms with Crippen molar-refractivity contribution in [2.24, 2.45) is 5.92 Å². The van der Waals surface area contributed by atoms with Crippen molar-refractivity contribution in [3.63, 3.8) is 0 Å². The molecule has 174 valence electrons. The third-order valence-electron chi connectivity index (χ3n) is 6.49. The Kier molecular flexibility index (Phi) is 6.68. The number of carbonyl (C=O) groups excluding carboxylic acids is 1. The summed E-state index contributed by atoms with van der Waals surface area (Å²) in [6, 6.07) is 18.7. The number of aryl methyl sites for hydroxylation is 1. The Morgan fingerprint density at radius 1 is 1.06 bits per heavy atom. The molecule has 1 unspecified atom stereocenters. The summed E-state index contributed by atoms with van der Waals surface area (Å²) in [6.45, 7) is 6.74. The SMILES string of the molecule is Cc1ccc(CSc2nc3ccncc3n2Cc2ccc(C(=O)N3CCCC(C)C3)cc2)cc1. The van der Waals surface area contributed by atoms with Crippen LogP contribution >= 0.6 is 11.8 Å². The van der Waals surface area contributed by atoms with Crippen LogP contribution in [0.15, 0.2) is 72.1 Å². The van der Waals surface area contributed by atoms with E-state index in [0.29, 0.717) is 12.5 Å². The molecule has 1 aliphatic heterocycles. The van der Waals surface area contributed by atoms with Gasteiger partial charge in [0.25, 0.3) is 5.91 Å². The first-order valence-electron chi connectivity index (χ1n) is 11.9. The zero-order valence-corrected chi connectivity index (χ0v) is 20.6. The first kappa shape index (κ1) is 22.7. The number of hydrogen-bond acceptors (Lipinski definition) is 4. The maximum Gasteiger partial charge on any atom is 0.253 e. The average molecular weight is 471 g/mol. The van der Waals surface area contributed by atoms with Gasteiger partial charge in [-0.1, -0.05) is 60.6 Å². The van der Waals surface area contributed by atoms with E-state index < -0.39 is 0 Å². The third kappa shape index (κ3) is 5.02. The van der Waals surface area contributed by atoms with Gasteiger partial charge in [0.1, 0.15) is 0 Å². The molecule has 2 aromatic carbocycles. The molecule has 4 aromatic rings. The van der Waals surface area contributed by atoms with Crippen molar-refractivity contribution in [1.82, 2.24) is 19.4 Å². The molecule has 5 rings (SSSR count). The molecule has 0 N–H and O–H groups in total. The summed E-state index contributed by atoms with van der Waals surface area (Å²) in [7, 11) is 0. The molecule has 1 amide bonds. The predicted octanol–water partition coefficient (Wildman–Crippen LogP) is 5.95. The maximum absolute atomic E-state index is 12.9. The van der Waals surface area contributed by atoms with Crippen molar-refractivity contribution < 1.29 is 4.79 Å². The van der Waals surface area contributed by atoms with Crippen molar-refractivity contribution in [3.05, 3.63) is 89.2 Å². The van der Waals surface area contributed by atoms with E-state index in [4.69, 9.17) is 4.98 Å². The molecular formula is C28H30N4OS. The van der Waals surface area contributed by atoms with E-state index in [9.17, 15) is 4.79 Å². The van der Waals surface area contributed by atoms with E-state index in [2.05, 4.69) is 59.8 Å². The first-order chi connectivity index (χ1) is 16.6. The van der Waals surface area contributed by atoms with Crippen LogP contribution in [0.1, 0.15) is 46.8 Å². The number of carbonyl (C=O) groups is 1. The number of hydrogen-bond donors (Lipinski definition) is 0. The van der Waals surface area contributed by atoms with Gasteiger partial charge in [0.2, 0.25) is 0 Å². The van der Waals surface area contributed by atoms with E-state index >= 15 is 0 Å². The second-order valence-electron chi connectivity index (χ2n) is 9.31. The molecule has 1 atom stereocenters. The minimum atomic E-state index is 0.143. The van der Waals surface area contributed by atoms with Gasteiger partial charge >= 0.3 is 0 Å². The first-order valence-corrected chi connectivity index (χ1v) is 12.9. The van der Waals surface area contributed by atoms with Gasteiger partial charge in [0.05, 0.1) is 23.8 Å². The normalized spacial score (nSPS) is 16.2. The molecule has 0 saturated carbocycles. The van der Waals surface area contributed by atoms with Crippen molar-refractivity contribution in [1.29, 1.82) is 0 Å². The number of nitrogens with zero attached hydrogens (tertiary/aromatic N) is 4. The van der Waals surface area contributed by atoms with Crippen LogP contribution in [0.25, 0.3) is 11.0 Å². The number of imidazole rings is 1. The highest BCUT2D eigenvalue weighted by Crippen LogP contribution is 2.28. The number of likely N-dealkylation sites (tertiary alicyclic amines) is 1. The monoisotopic (exact) mass is 470 g/mol. The van der Waals surface area contributed by atoms with Gasteiger partial charge in [-0.15, -0.1) is 0 Å². The topological polar surface area (TPSA) is 51.0 Å². The molecule has 1 fully saturated rings. The number of rotatable bonds is 6. The molecule has 1 aliphatic rings. The van der Waals surface area contributed by atoms with Crippen LogP contribution in [0.5, 0.6) is 0 Å². The lowest BCUT2D eigenvalue weighted by Crippen LogP contribution is -2.39. The van der Waals surface area contributed by atoms with E-state index in [-0.39, 0.29) is 5.91 Å². The van der Waals surface area contributed by atoms with E-state index in [0.717, 1.165) is 52.6 Å². The number of fused-ring (bicyclic) bond motifs is 1. The van der Waals surface area contributed by atoms with Crippen LogP contribution in [0.4, 0.5) is 0 Å². The number of aromatic nitrogens is 3. The Labute approximate surface area is 205 Å². The van der Waals surface area contributed by atoms with Crippen LogP contribution in [0.3, 0.4) is 0 Å². The van der Waals surface area contributed by atoms with Crippen molar-refractivity contribution >= 4 is 28.7 Å². The van der Waals surface area contributed by atoms with Crippen LogP contribution in [0, 0.1) is 12.8 Å². The van der Waals surface area contributed by atoms with Crippen molar-refractivity contribution in [2.75, 3.05) is 13.1 Å². The van der Waals surface area contributed by atoms with Gasteiger partial charge in [-0.2, -0.15) is 0 Å². The van der Waals surface area contributed by atoms with Gasteiger partial charge in [0, 0.05) is 30.6 Å². The predicted molar refractivity (Wildman–Crippen MR) is 138 cm³/mol. The number of amides is 1. The number of thioether (sulfide) groups is 1. The van der Waals surface area contributed by atoms with Gasteiger partial charge in [0.15, 0.2) is 5.16 Å². The fourth-order valence-electron chi connectivity index (χ4n) is 4.53. The molecule has 2 aromatic heterocycles. The Morgan fingerprint density at radius 2 is 1.82 bits per heavy atom. The summed E-state index contributed by atoms with van der Waals surface area (Å²) in [5, 5.41) is 0.978. The second kappa shape index (κ2) is 10.0. The summed E-state index contributed by atoms with van der Waals surface area (Å²) in [4.78, 5) is 24.2. The zero-order valence-electron chi connectivity index (χ0n) is 19.8. The Balaban J connectivity index is 1.35. The second-order valence-corrected chi connectivity index (χ2v) is 10.3. The highest BCUT2D eigenvalue weighted by molar-refractivity contribution is 7.98. The molecule has 6 heteroatoms. The lowest BCUT2D eigenvalue weighted by atomic mass is 9.99. The van der Waals surface area contributed by atoms with E-state index in [1.165, 1.54) is 17.5 Å². The molecule has 0 aliphatic carbocycles. The Hall–Kier alpha value is -3.12. The molecule has 0 bridgehead atoms. The van der Waals surface area contributed by atoms with Crippen LogP contribution in [-0.4, -0.2) is 38.4 Å². The summed E-state index contributed by atoms with van der Waals surface area (Å²) in [6.07, 6.45) is 5.97. The molecule has 34 heavy (non-hydrogen) atoms. The van der Waals surface area contributed by atoms with Gasteiger partial charge in [-0.25, -0.2) is 4.98 Å². The van der Waals surface area contributed by atoms with Gasteiger partial charge < -0.3 is 9.47 Å². The fraction of sp³-hybridized carbons (Fsp3) is 0.321. The molecular weight excluding hydrogens is 440 g/mol. The van der Waals surface area contributed by atoms with Crippen LogP contribution in [-0.2, 0) is 12.3 Å². The zero-order chi connectivity index (χ0) is 23.5. The number of pyridine rings is 1. The minimum absolute atomic E-state index is 0.143. The molecule has 0 radical (unpaired) electrons. The molecule has 0 spiro atoms. The Bertz CT molecular complexity index is 1280. The third-order valence-corrected chi connectivity index (χ3v) is 7.54. The molecule has 1 saturated heterocycles. The largest absolute Gasteiger partial charge is 0.338 e. The minimum Gasteiger partial charge on any atom is -0.338 e. The lowest BCUT2D eigenvalue weighted by molar-refractivity contribution is 0.0683. The maximum atomic E-state index is 12.9. The van der Waals surface area contributed by atoms with E-state index in [1.807, 2.05) is 29.3 Å². The van der Waals surface area contributed by atoms with Gasteiger partial charge in [-0.3, -0.25) is 9.78 Å². The highest BCUT2D eigenvalue weighted by atomic mass is 32.2. The summed E-state index contributed by atoms with van der Waals surface area (Å²) < 4.78 is 2.23. The highest BCUT2D eigenvalue weighted by Gasteiger charge is 2.22. The number of piperidine rings is 1. The fourth-order valence-corrected chi connectivity index (χ4v) is 5.50. The number of benzene rings is 2. The molecule has 5 nitrogen and oxygen atoms in total. The summed E-state index contributed by atoms with van der Waals surface area (Å²) in [5.74, 6) is 1.58. The molecule has 3 heterocycles. The lowest BCUT2D eigenvalue weighted by Gasteiger charge is -2.31. The smallest absolute Gasteiger partial charge is 0.253 e. The van der Waals surface area contributed by atoms with Gasteiger partial charge in [-0.05, 0) is 55.0 Å². The van der Waals surface area contributed by atoms with E-state index in [1.54, 1.807) is 18.0 Å². The standard InChI is InChI=1S/C28H30N4OS/c1-20-5-7-23(8-6-20)19-34-28-30-25-13-14-29-16-26(25)32(28)18-22-9-11-24(12-10-22)27(33)31-15-3-4-21(2)17-31/h5-14,16,21H,3-4,15,17-19H2,1-2H3. The van der Waals surface area contributed by atoms with Crippen molar-refractivity contribution in [2.45, 2.75) is 44.1 Å². The van der Waals surface area contributed by atoms with Crippen molar-refractivity contribution in [3.8, 4) is 0 Å². The Morgan fingerprint density at radius 3 is 2.59 bits per heavy atom. The quantitative estimate of drug-likeness (QED) is 0.327. The van der Waals surface area contributed by atoms with Crippen LogP contribution in [0.2, 0.25) is 0 Å². The van der Waals surface area contributed by atoms with Crippen LogP contribution < -0.4 is 0 Å². The average Bonchev–Trinajstić information content (AvgIpc) is 3.21.